The van der Waals surface area contributed by atoms with Crippen LogP contribution in [0.4, 0.5) is 12.9 Å². The number of hydrogen-bond donors (Lipinski definition) is 0. The summed E-state index contributed by atoms with van der Waals surface area (Å²) in [6, 6.07) is 12.7. The molecule has 0 aliphatic carbocycles. The van der Waals surface area contributed by atoms with Gasteiger partial charge in [0.15, 0.2) is 0 Å². The van der Waals surface area contributed by atoms with Gasteiger partial charge in [-0.1, -0.05) is 30.3 Å². The zero-order chi connectivity index (χ0) is 13.2. The molecule has 1 nitrogen and oxygen atoms in total. The smallest absolute Gasteiger partial charge is 0.492 e. The van der Waals surface area contributed by atoms with Crippen molar-refractivity contribution in [1.82, 2.24) is 0 Å². The van der Waals surface area contributed by atoms with E-state index in [4.69, 9.17) is 4.74 Å². The van der Waals surface area contributed by atoms with Gasteiger partial charge in [-0.2, -0.15) is 0 Å². The van der Waals surface area contributed by atoms with Crippen LogP contribution in [0.3, 0.4) is 0 Å². The number of rotatable bonds is 4. The van der Waals surface area contributed by atoms with Crippen LogP contribution in [-0.2, 0) is 0 Å². The SMILES string of the molecule is C=C(COc1ccc2ccccc2c1)[B-](F)(F)F. The highest BCUT2D eigenvalue weighted by atomic mass is 19.4. The lowest BCUT2D eigenvalue weighted by Crippen LogP contribution is -2.23. The second-order valence-corrected chi connectivity index (χ2v) is 4.03. The molecule has 0 bridgehead atoms. The molecule has 0 saturated carbocycles. The zero-order valence-corrected chi connectivity index (χ0v) is 9.58. The van der Waals surface area contributed by atoms with E-state index in [1.807, 2.05) is 30.3 Å². The Bertz CT molecular complexity index is 578. The van der Waals surface area contributed by atoms with Gasteiger partial charge in [-0.05, 0) is 22.9 Å². The van der Waals surface area contributed by atoms with Gasteiger partial charge in [0.1, 0.15) is 5.75 Å². The monoisotopic (exact) mass is 251 g/mol. The summed E-state index contributed by atoms with van der Waals surface area (Å²) in [6.07, 6.45) is 0. The van der Waals surface area contributed by atoms with Gasteiger partial charge in [-0.25, -0.2) is 0 Å². The third-order valence-corrected chi connectivity index (χ3v) is 2.61. The van der Waals surface area contributed by atoms with E-state index in [0.29, 0.717) is 5.75 Å². The minimum atomic E-state index is -5.03. The zero-order valence-electron chi connectivity index (χ0n) is 9.58. The summed E-state index contributed by atoms with van der Waals surface area (Å²) in [6.45, 7) is -2.57. The van der Waals surface area contributed by atoms with Crippen LogP contribution in [0.15, 0.2) is 54.5 Å². The molecule has 5 heteroatoms. The van der Waals surface area contributed by atoms with E-state index in [-0.39, 0.29) is 0 Å². The van der Waals surface area contributed by atoms with Crippen molar-refractivity contribution in [3.05, 3.63) is 54.5 Å². The van der Waals surface area contributed by atoms with Gasteiger partial charge >= 0.3 is 6.98 Å². The van der Waals surface area contributed by atoms with Crippen LogP contribution >= 0.6 is 0 Å². The Morgan fingerprint density at radius 2 is 1.72 bits per heavy atom. The first-order valence-electron chi connectivity index (χ1n) is 5.46. The van der Waals surface area contributed by atoms with Crippen LogP contribution in [0, 0.1) is 0 Å². The summed E-state index contributed by atoms with van der Waals surface area (Å²) in [5.74, 6) is 0.412. The molecule has 2 aromatic carbocycles. The number of ether oxygens (including phenoxy) is 1. The van der Waals surface area contributed by atoms with Crippen molar-refractivity contribution in [2.24, 2.45) is 0 Å². The van der Waals surface area contributed by atoms with Crippen molar-refractivity contribution in [3.8, 4) is 5.75 Å². The molecule has 0 amide bonds. The molecule has 2 rings (SSSR count). The molecule has 0 spiro atoms. The molecular formula is C13H11BF3O-. The van der Waals surface area contributed by atoms with E-state index in [1.54, 1.807) is 12.1 Å². The average molecular weight is 251 g/mol. The van der Waals surface area contributed by atoms with Crippen molar-refractivity contribution in [3.63, 3.8) is 0 Å². The first-order valence-corrected chi connectivity index (χ1v) is 5.46. The maximum Gasteiger partial charge on any atom is 0.508 e. The summed E-state index contributed by atoms with van der Waals surface area (Å²) < 4.78 is 42.0. The molecule has 0 aliphatic rings. The number of benzene rings is 2. The molecular weight excluding hydrogens is 240 g/mol. The van der Waals surface area contributed by atoms with Crippen LogP contribution in [0.2, 0.25) is 0 Å². The summed E-state index contributed by atoms with van der Waals surface area (Å²) in [4.78, 5) is 0. The van der Waals surface area contributed by atoms with E-state index in [9.17, 15) is 12.9 Å². The molecule has 0 saturated heterocycles. The predicted octanol–water partition coefficient (Wildman–Crippen LogP) is 4.16. The highest BCUT2D eigenvalue weighted by molar-refractivity contribution is 6.66. The van der Waals surface area contributed by atoms with E-state index in [2.05, 4.69) is 6.58 Å². The second kappa shape index (κ2) is 4.76. The van der Waals surface area contributed by atoms with E-state index < -0.39 is 19.1 Å². The van der Waals surface area contributed by atoms with Gasteiger partial charge in [-0.15, -0.1) is 12.1 Å². The summed E-state index contributed by atoms with van der Waals surface area (Å²) >= 11 is 0. The Balaban J connectivity index is 2.11. The Labute approximate surface area is 103 Å². The van der Waals surface area contributed by atoms with Gasteiger partial charge in [0.05, 0.1) is 6.61 Å². The lowest BCUT2D eigenvalue weighted by molar-refractivity contribution is 0.347. The summed E-state index contributed by atoms with van der Waals surface area (Å²) in [7, 11) is 0. The number of hydrogen-bond acceptors (Lipinski definition) is 1. The first kappa shape index (κ1) is 12.5. The van der Waals surface area contributed by atoms with Crippen LogP contribution in [0.5, 0.6) is 5.75 Å². The predicted molar refractivity (Wildman–Crippen MR) is 67.7 cm³/mol. The number of fused-ring (bicyclic) bond motifs is 1. The average Bonchev–Trinajstić information content (AvgIpc) is 2.34. The first-order chi connectivity index (χ1) is 8.47. The van der Waals surface area contributed by atoms with Crippen molar-refractivity contribution in [1.29, 1.82) is 0 Å². The van der Waals surface area contributed by atoms with E-state index >= 15 is 0 Å². The fraction of sp³-hybridized carbons (Fsp3) is 0.0769. The van der Waals surface area contributed by atoms with Crippen molar-refractivity contribution in [2.75, 3.05) is 6.61 Å². The maximum atomic E-state index is 12.3. The largest absolute Gasteiger partial charge is 0.508 e. The Morgan fingerprint density at radius 3 is 2.39 bits per heavy atom. The fourth-order valence-electron chi connectivity index (χ4n) is 1.53. The lowest BCUT2D eigenvalue weighted by Gasteiger charge is -2.18. The Morgan fingerprint density at radius 1 is 1.06 bits per heavy atom. The molecule has 0 N–H and O–H groups in total. The molecule has 0 heterocycles. The molecule has 18 heavy (non-hydrogen) atoms. The van der Waals surface area contributed by atoms with Gasteiger partial charge in [0.2, 0.25) is 0 Å². The molecule has 0 fully saturated rings. The van der Waals surface area contributed by atoms with Crippen molar-refractivity contribution in [2.45, 2.75) is 0 Å². The minimum Gasteiger partial charge on any atom is -0.492 e. The standard InChI is InChI=1S/C13H11BF3O/c1-10(14(15,16)17)9-18-13-7-6-11-4-2-3-5-12(11)8-13/h2-8H,1,9H2/q-1. The maximum absolute atomic E-state index is 12.3. The van der Waals surface area contributed by atoms with Gasteiger partial charge in [0.25, 0.3) is 0 Å². The normalized spacial score (nSPS) is 11.5. The molecule has 0 unspecified atom stereocenters. The van der Waals surface area contributed by atoms with Crippen molar-refractivity contribution >= 4 is 17.7 Å². The molecule has 94 valence electrons. The van der Waals surface area contributed by atoms with Gasteiger partial charge in [0, 0.05) is 0 Å². The molecule has 0 radical (unpaired) electrons. The van der Waals surface area contributed by atoms with Crippen LogP contribution < -0.4 is 4.74 Å². The lowest BCUT2D eigenvalue weighted by atomic mass is 9.81. The summed E-state index contributed by atoms with van der Waals surface area (Å²) in [5.41, 5.74) is -0.830. The van der Waals surface area contributed by atoms with Crippen LogP contribution in [0.1, 0.15) is 0 Å². The Kier molecular flexibility index (Phi) is 3.32. The highest BCUT2D eigenvalue weighted by Crippen LogP contribution is 2.23. The summed E-state index contributed by atoms with van der Waals surface area (Å²) in [5, 5.41) is 1.95. The Hall–Kier alpha value is -1.91. The third-order valence-electron chi connectivity index (χ3n) is 2.61. The molecule has 0 atom stereocenters. The molecule has 2 aromatic rings. The molecule has 0 aliphatic heterocycles. The van der Waals surface area contributed by atoms with Crippen LogP contribution in [-0.4, -0.2) is 13.6 Å². The molecule has 0 aromatic heterocycles. The fourth-order valence-corrected chi connectivity index (χ4v) is 1.53. The second-order valence-electron chi connectivity index (χ2n) is 4.03. The number of halogens is 3. The van der Waals surface area contributed by atoms with Crippen LogP contribution in [0.25, 0.3) is 10.8 Å². The van der Waals surface area contributed by atoms with Crippen molar-refractivity contribution < 1.29 is 17.7 Å². The van der Waals surface area contributed by atoms with E-state index in [1.165, 1.54) is 0 Å². The topological polar surface area (TPSA) is 9.23 Å². The third kappa shape index (κ3) is 2.86. The van der Waals surface area contributed by atoms with Gasteiger partial charge in [-0.3, -0.25) is 0 Å². The quantitative estimate of drug-likeness (QED) is 0.741. The minimum absolute atomic E-state index is 0.412. The highest BCUT2D eigenvalue weighted by Gasteiger charge is 2.26. The van der Waals surface area contributed by atoms with Gasteiger partial charge < -0.3 is 17.7 Å². The van der Waals surface area contributed by atoms with E-state index in [0.717, 1.165) is 10.8 Å².